The number of carboxylic acid groups (broad SMARTS) is 1. The Morgan fingerprint density at radius 2 is 1.88 bits per heavy atom. The number of benzene rings is 1. The molecule has 8 heteroatoms. The molecule has 0 aliphatic rings. The SMILES string of the molecule is CC(C)CC(CNC(=O)c1nn(-c2ccc(F)cc2)ccc1=O)C(=O)O. The van der Waals surface area contributed by atoms with Crippen molar-refractivity contribution in [3.8, 4) is 5.69 Å². The van der Waals surface area contributed by atoms with Crippen LogP contribution in [0.15, 0.2) is 41.3 Å². The largest absolute Gasteiger partial charge is 0.481 e. The molecule has 2 aromatic rings. The number of nitrogens with zero attached hydrogens (tertiary/aromatic N) is 2. The van der Waals surface area contributed by atoms with Crippen molar-refractivity contribution in [2.45, 2.75) is 20.3 Å². The quantitative estimate of drug-likeness (QED) is 0.784. The molecule has 2 N–H and O–H groups in total. The first-order chi connectivity index (χ1) is 12.3. The second-order valence-corrected chi connectivity index (χ2v) is 6.32. The molecule has 0 aliphatic heterocycles. The Morgan fingerprint density at radius 1 is 1.23 bits per heavy atom. The second kappa shape index (κ2) is 8.37. The van der Waals surface area contributed by atoms with E-state index in [1.54, 1.807) is 0 Å². The van der Waals surface area contributed by atoms with Gasteiger partial charge in [0.05, 0.1) is 11.6 Å². The highest BCUT2D eigenvalue weighted by Gasteiger charge is 2.21. The van der Waals surface area contributed by atoms with Crippen LogP contribution in [-0.2, 0) is 4.79 Å². The van der Waals surface area contributed by atoms with Crippen molar-refractivity contribution in [2.75, 3.05) is 6.54 Å². The monoisotopic (exact) mass is 361 g/mol. The summed E-state index contributed by atoms with van der Waals surface area (Å²) in [6.07, 6.45) is 1.77. The molecule has 0 spiro atoms. The molecular weight excluding hydrogens is 341 g/mol. The number of carbonyl (C=O) groups is 2. The minimum Gasteiger partial charge on any atom is -0.481 e. The zero-order chi connectivity index (χ0) is 19.3. The standard InChI is InChI=1S/C18H20FN3O4/c1-11(2)9-12(18(25)26)10-20-17(24)16-15(23)7-8-22(21-16)14-5-3-13(19)4-6-14/h3-8,11-12H,9-10H2,1-2H3,(H,20,24)(H,25,26). The Morgan fingerprint density at radius 3 is 2.46 bits per heavy atom. The highest BCUT2D eigenvalue weighted by atomic mass is 19.1. The van der Waals surface area contributed by atoms with E-state index >= 15 is 0 Å². The summed E-state index contributed by atoms with van der Waals surface area (Å²) in [7, 11) is 0. The van der Waals surface area contributed by atoms with E-state index in [-0.39, 0.29) is 18.2 Å². The van der Waals surface area contributed by atoms with Gasteiger partial charge in [0.2, 0.25) is 5.43 Å². The van der Waals surface area contributed by atoms with Crippen LogP contribution >= 0.6 is 0 Å². The van der Waals surface area contributed by atoms with Gasteiger partial charge in [-0.05, 0) is 36.6 Å². The van der Waals surface area contributed by atoms with Gasteiger partial charge in [0.15, 0.2) is 5.69 Å². The molecule has 1 amide bonds. The van der Waals surface area contributed by atoms with E-state index in [0.29, 0.717) is 12.1 Å². The second-order valence-electron chi connectivity index (χ2n) is 6.32. The predicted molar refractivity (Wildman–Crippen MR) is 92.7 cm³/mol. The number of halogens is 1. The lowest BCUT2D eigenvalue weighted by atomic mass is 9.97. The normalized spacial score (nSPS) is 12.0. The van der Waals surface area contributed by atoms with Gasteiger partial charge in [-0.15, -0.1) is 0 Å². The van der Waals surface area contributed by atoms with Gasteiger partial charge in [0, 0.05) is 18.8 Å². The lowest BCUT2D eigenvalue weighted by Crippen LogP contribution is -2.37. The first-order valence-electron chi connectivity index (χ1n) is 8.15. The number of nitrogens with one attached hydrogen (secondary N) is 1. The van der Waals surface area contributed by atoms with Crippen molar-refractivity contribution >= 4 is 11.9 Å². The molecule has 0 radical (unpaired) electrons. The van der Waals surface area contributed by atoms with E-state index < -0.39 is 29.0 Å². The maximum absolute atomic E-state index is 13.0. The van der Waals surface area contributed by atoms with Crippen LogP contribution in [-0.4, -0.2) is 33.3 Å². The Balaban J connectivity index is 2.18. The number of rotatable bonds is 7. The van der Waals surface area contributed by atoms with Crippen LogP contribution in [0, 0.1) is 17.7 Å². The Bertz CT molecular complexity index is 846. The molecule has 1 unspecified atom stereocenters. The zero-order valence-corrected chi connectivity index (χ0v) is 14.5. The van der Waals surface area contributed by atoms with E-state index in [4.69, 9.17) is 0 Å². The van der Waals surface area contributed by atoms with Crippen molar-refractivity contribution in [3.63, 3.8) is 0 Å². The zero-order valence-electron chi connectivity index (χ0n) is 14.5. The fraction of sp³-hybridized carbons (Fsp3) is 0.333. The fourth-order valence-electron chi connectivity index (χ4n) is 2.44. The maximum Gasteiger partial charge on any atom is 0.308 e. The van der Waals surface area contributed by atoms with E-state index in [9.17, 15) is 23.9 Å². The number of hydrogen-bond acceptors (Lipinski definition) is 4. The third kappa shape index (κ3) is 4.98. The number of carboxylic acids is 1. The van der Waals surface area contributed by atoms with E-state index in [0.717, 1.165) is 0 Å². The van der Waals surface area contributed by atoms with Gasteiger partial charge >= 0.3 is 5.97 Å². The van der Waals surface area contributed by atoms with Crippen LogP contribution in [0.4, 0.5) is 4.39 Å². The van der Waals surface area contributed by atoms with Crippen molar-refractivity contribution in [1.29, 1.82) is 0 Å². The molecule has 2 rings (SSSR count). The van der Waals surface area contributed by atoms with Gasteiger partial charge in [-0.1, -0.05) is 13.8 Å². The molecule has 1 atom stereocenters. The number of aliphatic carboxylic acids is 1. The summed E-state index contributed by atoms with van der Waals surface area (Å²) >= 11 is 0. The summed E-state index contributed by atoms with van der Waals surface area (Å²) in [6, 6.07) is 6.56. The number of hydrogen-bond donors (Lipinski definition) is 2. The van der Waals surface area contributed by atoms with Crippen LogP contribution < -0.4 is 10.7 Å². The Kier molecular flexibility index (Phi) is 6.21. The van der Waals surface area contributed by atoms with Gasteiger partial charge in [0.1, 0.15) is 5.82 Å². The van der Waals surface area contributed by atoms with E-state index in [2.05, 4.69) is 10.4 Å². The Labute approximate surface area is 149 Å². The van der Waals surface area contributed by atoms with Gasteiger partial charge in [-0.2, -0.15) is 5.10 Å². The minimum atomic E-state index is -1.01. The fourth-order valence-corrected chi connectivity index (χ4v) is 2.44. The average Bonchev–Trinajstić information content (AvgIpc) is 2.59. The van der Waals surface area contributed by atoms with Gasteiger partial charge in [-0.25, -0.2) is 9.07 Å². The number of aromatic nitrogens is 2. The lowest BCUT2D eigenvalue weighted by molar-refractivity contribution is -0.142. The van der Waals surface area contributed by atoms with Crippen LogP contribution in [0.5, 0.6) is 0 Å². The van der Waals surface area contributed by atoms with Crippen molar-refractivity contribution < 1.29 is 19.1 Å². The third-order valence-corrected chi connectivity index (χ3v) is 3.73. The smallest absolute Gasteiger partial charge is 0.308 e. The third-order valence-electron chi connectivity index (χ3n) is 3.73. The van der Waals surface area contributed by atoms with Gasteiger partial charge < -0.3 is 10.4 Å². The highest BCUT2D eigenvalue weighted by Crippen LogP contribution is 2.11. The van der Waals surface area contributed by atoms with Crippen LogP contribution in [0.2, 0.25) is 0 Å². The highest BCUT2D eigenvalue weighted by molar-refractivity contribution is 5.92. The lowest BCUT2D eigenvalue weighted by Gasteiger charge is -2.15. The van der Waals surface area contributed by atoms with Gasteiger partial charge in [-0.3, -0.25) is 14.4 Å². The van der Waals surface area contributed by atoms with Crippen molar-refractivity contribution in [2.24, 2.45) is 11.8 Å². The van der Waals surface area contributed by atoms with E-state index in [1.807, 2.05) is 13.8 Å². The molecule has 1 heterocycles. The molecule has 1 aromatic heterocycles. The molecule has 138 valence electrons. The molecule has 0 saturated heterocycles. The first-order valence-corrected chi connectivity index (χ1v) is 8.15. The molecule has 7 nitrogen and oxygen atoms in total. The topological polar surface area (TPSA) is 101 Å². The molecule has 0 aliphatic carbocycles. The van der Waals surface area contributed by atoms with Gasteiger partial charge in [0.25, 0.3) is 5.91 Å². The molecule has 0 saturated carbocycles. The molecule has 0 bridgehead atoms. The molecule has 0 fully saturated rings. The summed E-state index contributed by atoms with van der Waals surface area (Å²) < 4.78 is 14.3. The maximum atomic E-state index is 13.0. The van der Waals surface area contributed by atoms with E-state index in [1.165, 1.54) is 41.2 Å². The first kappa shape index (κ1) is 19.3. The Hall–Kier alpha value is -3.03. The van der Waals surface area contributed by atoms with Crippen molar-refractivity contribution in [1.82, 2.24) is 15.1 Å². The molecule has 1 aromatic carbocycles. The van der Waals surface area contributed by atoms with Crippen LogP contribution in [0.25, 0.3) is 5.69 Å². The summed E-state index contributed by atoms with van der Waals surface area (Å²) in [5, 5.41) is 15.6. The average molecular weight is 361 g/mol. The summed E-state index contributed by atoms with van der Waals surface area (Å²) in [5.41, 5.74) is -0.467. The minimum absolute atomic E-state index is 0.0983. The van der Waals surface area contributed by atoms with Crippen molar-refractivity contribution in [3.05, 3.63) is 58.3 Å². The summed E-state index contributed by atoms with van der Waals surface area (Å²) in [4.78, 5) is 35.5. The molecular formula is C18H20FN3O4. The summed E-state index contributed by atoms with van der Waals surface area (Å²) in [5.74, 6) is -2.77. The number of amides is 1. The molecule has 26 heavy (non-hydrogen) atoms. The van der Waals surface area contributed by atoms with Crippen LogP contribution in [0.1, 0.15) is 30.8 Å². The predicted octanol–water partition coefficient (Wildman–Crippen LogP) is 1.85. The van der Waals surface area contributed by atoms with Crippen LogP contribution in [0.3, 0.4) is 0 Å². The summed E-state index contributed by atoms with van der Waals surface area (Å²) in [6.45, 7) is 3.68. The number of carbonyl (C=O) groups excluding carboxylic acids is 1.